The van der Waals surface area contributed by atoms with Gasteiger partial charge in [0.1, 0.15) is 0 Å². The first-order valence-corrected chi connectivity index (χ1v) is 5.31. The molecule has 3 amide bonds. The van der Waals surface area contributed by atoms with Gasteiger partial charge in [-0.1, -0.05) is 6.58 Å². The van der Waals surface area contributed by atoms with Crippen LogP contribution in [0.5, 0.6) is 0 Å². The quantitative estimate of drug-likeness (QED) is 0.410. The Morgan fingerprint density at radius 1 is 1.44 bits per heavy atom. The predicted octanol–water partition coefficient (Wildman–Crippen LogP) is -0.0257. The third kappa shape index (κ3) is 7.15. The number of carbonyl (C=O) groups excluding carboxylic acids is 3. The molecule has 0 aliphatic carbocycles. The minimum atomic E-state index is -0.658. The standard InChI is InChI=1S/C11H17N3O4/c1-4-10(16)18-8-9(15)13-6-7-14(3)11(17)12-5-2/h4-5H,1,6-8H2,2-3H3,(H,13,15). The third-order valence-electron chi connectivity index (χ3n) is 1.85. The first-order valence-electron chi connectivity index (χ1n) is 5.31. The van der Waals surface area contributed by atoms with Crippen molar-refractivity contribution < 1.29 is 19.1 Å². The second-order valence-corrected chi connectivity index (χ2v) is 3.25. The average Bonchev–Trinajstić information content (AvgIpc) is 2.35. The van der Waals surface area contributed by atoms with E-state index in [4.69, 9.17) is 0 Å². The highest BCUT2D eigenvalue weighted by molar-refractivity contribution is 5.85. The topological polar surface area (TPSA) is 88.1 Å². The monoisotopic (exact) mass is 255 g/mol. The number of ether oxygens (including phenoxy) is 1. The summed E-state index contributed by atoms with van der Waals surface area (Å²) in [5, 5.41) is 2.49. The smallest absolute Gasteiger partial charge is 0.342 e. The van der Waals surface area contributed by atoms with Gasteiger partial charge in [0, 0.05) is 32.4 Å². The molecule has 0 spiro atoms. The van der Waals surface area contributed by atoms with Gasteiger partial charge in [-0.25, -0.2) is 14.6 Å². The SMILES string of the molecule is C=CC(=O)OCC(=O)NCCN(C)C(=O)N=CC. The lowest BCUT2D eigenvalue weighted by Gasteiger charge is -2.14. The number of carbonyl (C=O) groups is 3. The molecule has 0 aromatic carbocycles. The van der Waals surface area contributed by atoms with Crippen LogP contribution in [-0.2, 0) is 14.3 Å². The van der Waals surface area contributed by atoms with Crippen LogP contribution in [0.1, 0.15) is 6.92 Å². The lowest BCUT2D eigenvalue weighted by molar-refractivity contribution is -0.143. The minimum Gasteiger partial charge on any atom is -0.452 e. The number of nitrogens with zero attached hydrogens (tertiary/aromatic N) is 2. The summed E-state index contributed by atoms with van der Waals surface area (Å²) in [6.45, 7) is 5.04. The number of hydrogen-bond acceptors (Lipinski definition) is 4. The molecule has 0 rings (SSSR count). The molecular weight excluding hydrogens is 238 g/mol. The Bertz CT molecular complexity index is 352. The molecule has 0 unspecified atom stereocenters. The molecule has 100 valence electrons. The molecule has 0 aliphatic heterocycles. The van der Waals surface area contributed by atoms with E-state index in [0.29, 0.717) is 6.54 Å². The fraction of sp³-hybridized carbons (Fsp3) is 0.455. The predicted molar refractivity (Wildman–Crippen MR) is 66.4 cm³/mol. The molecule has 18 heavy (non-hydrogen) atoms. The van der Waals surface area contributed by atoms with Crippen LogP contribution in [0.15, 0.2) is 17.6 Å². The fourth-order valence-electron chi connectivity index (χ4n) is 0.914. The lowest BCUT2D eigenvalue weighted by Crippen LogP contribution is -2.36. The first kappa shape index (κ1) is 15.8. The highest BCUT2D eigenvalue weighted by atomic mass is 16.5. The Morgan fingerprint density at radius 2 is 2.11 bits per heavy atom. The van der Waals surface area contributed by atoms with E-state index >= 15 is 0 Å². The van der Waals surface area contributed by atoms with E-state index in [0.717, 1.165) is 6.08 Å². The van der Waals surface area contributed by atoms with Gasteiger partial charge in [0.15, 0.2) is 6.61 Å². The average molecular weight is 255 g/mol. The van der Waals surface area contributed by atoms with Crippen molar-refractivity contribution in [3.05, 3.63) is 12.7 Å². The van der Waals surface area contributed by atoms with Crippen molar-refractivity contribution in [1.82, 2.24) is 10.2 Å². The molecule has 0 saturated heterocycles. The summed E-state index contributed by atoms with van der Waals surface area (Å²) in [4.78, 5) is 38.0. The summed E-state index contributed by atoms with van der Waals surface area (Å²) in [5.74, 6) is -1.10. The maximum atomic E-state index is 11.2. The highest BCUT2D eigenvalue weighted by Crippen LogP contribution is 1.87. The fourth-order valence-corrected chi connectivity index (χ4v) is 0.914. The van der Waals surface area contributed by atoms with Gasteiger partial charge in [0.05, 0.1) is 0 Å². The Morgan fingerprint density at radius 3 is 2.67 bits per heavy atom. The maximum absolute atomic E-state index is 11.2. The van der Waals surface area contributed by atoms with Crippen molar-refractivity contribution in [3.8, 4) is 0 Å². The molecular formula is C11H17N3O4. The van der Waals surface area contributed by atoms with E-state index in [1.165, 1.54) is 11.1 Å². The van der Waals surface area contributed by atoms with E-state index in [9.17, 15) is 14.4 Å². The Labute approximate surface area is 106 Å². The maximum Gasteiger partial charge on any atom is 0.342 e. The number of amides is 3. The van der Waals surface area contributed by atoms with Crippen LogP contribution in [0.4, 0.5) is 4.79 Å². The Hall–Kier alpha value is -2.18. The number of urea groups is 1. The molecule has 0 saturated carbocycles. The van der Waals surface area contributed by atoms with Crippen molar-refractivity contribution >= 4 is 24.1 Å². The van der Waals surface area contributed by atoms with E-state index in [-0.39, 0.29) is 19.2 Å². The summed E-state index contributed by atoms with van der Waals surface area (Å²) >= 11 is 0. The number of esters is 1. The second-order valence-electron chi connectivity index (χ2n) is 3.25. The summed E-state index contributed by atoms with van der Waals surface area (Å²) in [6.07, 6.45) is 2.37. The number of nitrogens with one attached hydrogen (secondary N) is 1. The van der Waals surface area contributed by atoms with E-state index < -0.39 is 11.9 Å². The van der Waals surface area contributed by atoms with E-state index in [1.807, 2.05) is 0 Å². The molecule has 0 aromatic rings. The Kier molecular flexibility index (Phi) is 7.83. The summed E-state index contributed by atoms with van der Waals surface area (Å²) in [6, 6.07) is -0.384. The van der Waals surface area contributed by atoms with Gasteiger partial charge >= 0.3 is 12.0 Å². The number of aliphatic imine (C=N–C) groups is 1. The van der Waals surface area contributed by atoms with Crippen LogP contribution < -0.4 is 5.32 Å². The summed E-state index contributed by atoms with van der Waals surface area (Å²) in [5.41, 5.74) is 0. The normalized spacial score (nSPS) is 9.89. The molecule has 0 atom stereocenters. The molecule has 0 fully saturated rings. The Balaban J connectivity index is 3.77. The van der Waals surface area contributed by atoms with Crippen molar-refractivity contribution in [2.24, 2.45) is 4.99 Å². The molecule has 0 aliphatic rings. The third-order valence-corrected chi connectivity index (χ3v) is 1.85. The minimum absolute atomic E-state index is 0.256. The van der Waals surface area contributed by atoms with Gasteiger partial charge in [0.25, 0.3) is 5.91 Å². The van der Waals surface area contributed by atoms with Gasteiger partial charge < -0.3 is 15.0 Å². The molecule has 0 aromatic heterocycles. The van der Waals surface area contributed by atoms with Crippen LogP contribution >= 0.6 is 0 Å². The van der Waals surface area contributed by atoms with Crippen molar-refractivity contribution in [2.75, 3.05) is 26.7 Å². The molecule has 1 N–H and O–H groups in total. The number of rotatable bonds is 6. The number of likely N-dealkylation sites (N-methyl/N-ethyl adjacent to an activating group) is 1. The summed E-state index contributed by atoms with van der Waals surface area (Å²) in [7, 11) is 1.57. The zero-order valence-electron chi connectivity index (χ0n) is 10.5. The summed E-state index contributed by atoms with van der Waals surface area (Å²) < 4.78 is 4.52. The van der Waals surface area contributed by atoms with Crippen LogP contribution in [0.2, 0.25) is 0 Å². The van der Waals surface area contributed by atoms with Crippen LogP contribution in [0.25, 0.3) is 0 Å². The van der Waals surface area contributed by atoms with E-state index in [1.54, 1.807) is 14.0 Å². The van der Waals surface area contributed by atoms with E-state index in [2.05, 4.69) is 21.6 Å². The lowest BCUT2D eigenvalue weighted by atomic mass is 10.5. The van der Waals surface area contributed by atoms with Crippen molar-refractivity contribution in [3.63, 3.8) is 0 Å². The van der Waals surface area contributed by atoms with Crippen LogP contribution in [0, 0.1) is 0 Å². The van der Waals surface area contributed by atoms with Gasteiger partial charge in [-0.2, -0.15) is 0 Å². The molecule has 7 heteroatoms. The van der Waals surface area contributed by atoms with Gasteiger partial charge in [-0.05, 0) is 6.92 Å². The second kappa shape index (κ2) is 8.91. The molecule has 0 heterocycles. The zero-order chi connectivity index (χ0) is 14.0. The molecule has 7 nitrogen and oxygen atoms in total. The van der Waals surface area contributed by atoms with Gasteiger partial charge in [0.2, 0.25) is 0 Å². The zero-order valence-corrected chi connectivity index (χ0v) is 10.5. The van der Waals surface area contributed by atoms with Crippen LogP contribution in [0.3, 0.4) is 0 Å². The van der Waals surface area contributed by atoms with Crippen LogP contribution in [-0.4, -0.2) is 55.8 Å². The van der Waals surface area contributed by atoms with Gasteiger partial charge in [-0.3, -0.25) is 4.79 Å². The van der Waals surface area contributed by atoms with Gasteiger partial charge in [-0.15, -0.1) is 0 Å². The first-order chi connectivity index (χ1) is 8.51. The highest BCUT2D eigenvalue weighted by Gasteiger charge is 2.07. The molecule has 0 bridgehead atoms. The number of hydrogen-bond donors (Lipinski definition) is 1. The van der Waals surface area contributed by atoms with Crippen molar-refractivity contribution in [2.45, 2.75) is 6.92 Å². The largest absolute Gasteiger partial charge is 0.452 e. The van der Waals surface area contributed by atoms with Crippen molar-refractivity contribution in [1.29, 1.82) is 0 Å². The molecule has 0 radical (unpaired) electrons.